The van der Waals surface area contributed by atoms with Crippen molar-refractivity contribution in [1.82, 2.24) is 9.97 Å². The number of benzene rings is 1. The number of nitrogens with two attached hydrogens (primary N) is 1. The normalized spacial score (nSPS) is 14.2. The fraction of sp³-hybridized carbons (Fsp3) is 0.167. The summed E-state index contributed by atoms with van der Waals surface area (Å²) in [5.74, 6) is 5.33. The van der Waals surface area contributed by atoms with Gasteiger partial charge in [-0.15, -0.1) is 0 Å². The molecule has 0 spiro atoms. The molecule has 1 aromatic heterocycles. The van der Waals surface area contributed by atoms with Gasteiger partial charge in [-0.3, -0.25) is 9.73 Å². The second-order valence-corrected chi connectivity index (χ2v) is 6.20. The minimum Gasteiger partial charge on any atom is -0.292 e. The average Bonchev–Trinajstić information content (AvgIpc) is 2.92. The van der Waals surface area contributed by atoms with E-state index >= 15 is 0 Å². The number of nitrogens with zero attached hydrogens (tertiary/aromatic N) is 3. The maximum atomic E-state index is 12.6. The highest BCUT2D eigenvalue weighted by Gasteiger charge is 2.30. The summed E-state index contributed by atoms with van der Waals surface area (Å²) in [6.45, 7) is 0.429. The molecule has 0 saturated carbocycles. The van der Waals surface area contributed by atoms with Crippen molar-refractivity contribution in [2.24, 2.45) is 5.84 Å². The second kappa shape index (κ2) is 4.73. The van der Waals surface area contributed by atoms with Crippen LogP contribution in [-0.2, 0) is 16.4 Å². The number of hydrogen-bond donors (Lipinski definition) is 2. The van der Waals surface area contributed by atoms with Crippen LogP contribution in [0.4, 0.5) is 11.6 Å². The first-order chi connectivity index (χ1) is 9.63. The standard InChI is InChI=1S/C12H13N5O2S/c13-16-12-14-7-10(8-15-12)20(18,19)17-6-5-9-3-1-2-4-11(9)17/h1-4,7-8H,5-6,13H2,(H,14,15,16). The first-order valence-corrected chi connectivity index (χ1v) is 7.46. The van der Waals surface area contributed by atoms with E-state index < -0.39 is 10.0 Å². The molecule has 2 aromatic rings. The lowest BCUT2D eigenvalue weighted by Crippen LogP contribution is -2.29. The fourth-order valence-electron chi connectivity index (χ4n) is 2.21. The van der Waals surface area contributed by atoms with Crippen molar-refractivity contribution < 1.29 is 8.42 Å². The van der Waals surface area contributed by atoms with Crippen LogP contribution >= 0.6 is 0 Å². The molecule has 104 valence electrons. The van der Waals surface area contributed by atoms with Crippen molar-refractivity contribution in [1.29, 1.82) is 0 Å². The Hall–Kier alpha value is -2.19. The smallest absolute Gasteiger partial charge is 0.267 e. The van der Waals surface area contributed by atoms with Gasteiger partial charge in [0.05, 0.1) is 18.1 Å². The Labute approximate surface area is 116 Å². The van der Waals surface area contributed by atoms with Crippen LogP contribution in [0.25, 0.3) is 0 Å². The quantitative estimate of drug-likeness (QED) is 0.631. The molecule has 0 amide bonds. The summed E-state index contributed by atoms with van der Waals surface area (Å²) >= 11 is 0. The van der Waals surface area contributed by atoms with Gasteiger partial charge in [-0.05, 0) is 18.1 Å². The van der Waals surface area contributed by atoms with Crippen LogP contribution in [0.2, 0.25) is 0 Å². The number of rotatable bonds is 3. The van der Waals surface area contributed by atoms with Crippen molar-refractivity contribution in [3.63, 3.8) is 0 Å². The van der Waals surface area contributed by atoms with Gasteiger partial charge in [-0.2, -0.15) is 0 Å². The number of fused-ring (bicyclic) bond motifs is 1. The maximum Gasteiger partial charge on any atom is 0.267 e. The molecule has 3 rings (SSSR count). The number of hydrazine groups is 1. The Morgan fingerprint density at radius 2 is 1.90 bits per heavy atom. The summed E-state index contributed by atoms with van der Waals surface area (Å²) < 4.78 is 26.6. The summed E-state index contributed by atoms with van der Waals surface area (Å²) in [4.78, 5) is 7.72. The molecule has 8 heteroatoms. The van der Waals surface area contributed by atoms with Crippen LogP contribution in [0.15, 0.2) is 41.6 Å². The predicted molar refractivity (Wildman–Crippen MR) is 74.5 cm³/mol. The molecular formula is C12H13N5O2S. The highest BCUT2D eigenvalue weighted by atomic mass is 32.2. The number of nitrogens with one attached hydrogen (secondary N) is 1. The largest absolute Gasteiger partial charge is 0.292 e. The van der Waals surface area contributed by atoms with E-state index in [1.807, 2.05) is 18.2 Å². The third kappa shape index (κ3) is 1.98. The number of hydrogen-bond acceptors (Lipinski definition) is 6. The van der Waals surface area contributed by atoms with E-state index in [0.29, 0.717) is 18.7 Å². The minimum atomic E-state index is -3.64. The molecule has 3 N–H and O–H groups in total. The van der Waals surface area contributed by atoms with Gasteiger partial charge in [0, 0.05) is 6.54 Å². The van der Waals surface area contributed by atoms with Crippen molar-refractivity contribution in [2.75, 3.05) is 16.3 Å². The van der Waals surface area contributed by atoms with Crippen molar-refractivity contribution >= 4 is 21.7 Å². The summed E-state index contributed by atoms with van der Waals surface area (Å²) in [6.07, 6.45) is 3.20. The molecule has 20 heavy (non-hydrogen) atoms. The van der Waals surface area contributed by atoms with Crippen molar-refractivity contribution in [3.05, 3.63) is 42.2 Å². The Bertz CT molecular complexity index is 730. The highest BCUT2D eigenvalue weighted by Crippen LogP contribution is 2.32. The Morgan fingerprint density at radius 3 is 2.60 bits per heavy atom. The molecule has 0 saturated heterocycles. The molecule has 0 bridgehead atoms. The number of sulfonamides is 1. The minimum absolute atomic E-state index is 0.0493. The van der Waals surface area contributed by atoms with E-state index in [1.165, 1.54) is 16.7 Å². The lowest BCUT2D eigenvalue weighted by atomic mass is 10.2. The van der Waals surface area contributed by atoms with Gasteiger partial charge in [0.15, 0.2) is 0 Å². The third-order valence-electron chi connectivity index (χ3n) is 3.19. The molecule has 1 aliphatic heterocycles. The van der Waals surface area contributed by atoms with Crippen LogP contribution in [0.3, 0.4) is 0 Å². The van der Waals surface area contributed by atoms with Crippen LogP contribution in [0, 0.1) is 0 Å². The molecule has 0 atom stereocenters. The molecular weight excluding hydrogens is 278 g/mol. The maximum absolute atomic E-state index is 12.6. The van der Waals surface area contributed by atoms with Crippen LogP contribution in [0.5, 0.6) is 0 Å². The number of aromatic nitrogens is 2. The lowest BCUT2D eigenvalue weighted by molar-refractivity contribution is 0.591. The monoisotopic (exact) mass is 291 g/mol. The van der Waals surface area contributed by atoms with Gasteiger partial charge in [0.2, 0.25) is 5.95 Å². The average molecular weight is 291 g/mol. The summed E-state index contributed by atoms with van der Waals surface area (Å²) in [5, 5.41) is 0. The van der Waals surface area contributed by atoms with Gasteiger partial charge in [0.25, 0.3) is 10.0 Å². The van der Waals surface area contributed by atoms with Gasteiger partial charge in [0.1, 0.15) is 4.90 Å². The van der Waals surface area contributed by atoms with Gasteiger partial charge in [-0.25, -0.2) is 24.2 Å². The second-order valence-electron chi connectivity index (χ2n) is 4.34. The molecule has 0 fully saturated rings. The fourth-order valence-corrected chi connectivity index (χ4v) is 3.60. The zero-order chi connectivity index (χ0) is 14.2. The lowest BCUT2D eigenvalue weighted by Gasteiger charge is -2.19. The molecule has 0 radical (unpaired) electrons. The number of para-hydroxylation sites is 1. The highest BCUT2D eigenvalue weighted by molar-refractivity contribution is 7.92. The molecule has 2 heterocycles. The zero-order valence-corrected chi connectivity index (χ0v) is 11.3. The van der Waals surface area contributed by atoms with Crippen molar-refractivity contribution in [2.45, 2.75) is 11.3 Å². The number of nitrogen functional groups attached to an aromatic ring is 1. The van der Waals surface area contributed by atoms with Gasteiger partial charge < -0.3 is 0 Å². The van der Waals surface area contributed by atoms with E-state index in [2.05, 4.69) is 15.4 Å². The van der Waals surface area contributed by atoms with Gasteiger partial charge >= 0.3 is 0 Å². The number of anilines is 2. The van der Waals surface area contributed by atoms with E-state index in [-0.39, 0.29) is 10.8 Å². The molecule has 0 unspecified atom stereocenters. The van der Waals surface area contributed by atoms with E-state index in [9.17, 15) is 8.42 Å². The summed E-state index contributed by atoms with van der Waals surface area (Å²) in [5.41, 5.74) is 4.00. The third-order valence-corrected chi connectivity index (χ3v) is 4.96. The Kier molecular flexibility index (Phi) is 3.03. The predicted octanol–water partition coefficient (Wildman–Crippen LogP) is 0.514. The Balaban J connectivity index is 2.00. The van der Waals surface area contributed by atoms with E-state index in [0.717, 1.165) is 5.56 Å². The molecule has 7 nitrogen and oxygen atoms in total. The van der Waals surface area contributed by atoms with Crippen molar-refractivity contribution in [3.8, 4) is 0 Å². The molecule has 0 aliphatic carbocycles. The molecule has 1 aliphatic rings. The Morgan fingerprint density at radius 1 is 1.20 bits per heavy atom. The molecule has 1 aromatic carbocycles. The first kappa shape index (κ1) is 12.8. The van der Waals surface area contributed by atoms with E-state index in [1.54, 1.807) is 6.07 Å². The van der Waals surface area contributed by atoms with Crippen LogP contribution in [0.1, 0.15) is 5.56 Å². The summed E-state index contributed by atoms with van der Waals surface area (Å²) in [6, 6.07) is 7.46. The SMILES string of the molecule is NNc1ncc(S(=O)(=O)N2CCc3ccccc32)cn1. The zero-order valence-electron chi connectivity index (χ0n) is 10.5. The topological polar surface area (TPSA) is 101 Å². The van der Waals surface area contributed by atoms with Gasteiger partial charge in [-0.1, -0.05) is 18.2 Å². The summed E-state index contributed by atoms with van der Waals surface area (Å²) in [7, 11) is -3.64. The van der Waals surface area contributed by atoms with E-state index in [4.69, 9.17) is 5.84 Å². The first-order valence-electron chi connectivity index (χ1n) is 6.02. The van der Waals surface area contributed by atoms with Crippen LogP contribution < -0.4 is 15.6 Å². The van der Waals surface area contributed by atoms with Crippen LogP contribution in [-0.4, -0.2) is 24.9 Å².